The molecule has 0 atom stereocenters. The number of carbonyl (C=O) groups excluding carboxylic acids is 1. The molecule has 1 N–H and O–H groups in total. The van der Waals surface area contributed by atoms with E-state index in [1.165, 1.54) is 0 Å². The fourth-order valence-electron chi connectivity index (χ4n) is 3.42. The number of aromatic nitrogens is 6. The van der Waals surface area contributed by atoms with Crippen LogP contribution in [0.4, 0.5) is 5.82 Å². The molecule has 10 heteroatoms. The van der Waals surface area contributed by atoms with E-state index in [1.807, 2.05) is 36.6 Å². The van der Waals surface area contributed by atoms with Gasteiger partial charge in [-0.1, -0.05) is 23.7 Å². The maximum Gasteiger partial charge on any atom is 0.292 e. The number of carbonyl (C=O) groups is 1. The Bertz CT molecular complexity index is 1430. The average Bonchev–Trinajstić information content (AvgIpc) is 3.52. The van der Waals surface area contributed by atoms with Crippen LogP contribution in [0.5, 0.6) is 0 Å². The largest absolute Gasteiger partial charge is 0.451 e. The number of furan rings is 1. The van der Waals surface area contributed by atoms with Gasteiger partial charge in [-0.15, -0.1) is 10.2 Å². The van der Waals surface area contributed by atoms with Crippen molar-refractivity contribution in [3.05, 3.63) is 72.2 Å². The van der Waals surface area contributed by atoms with Crippen molar-refractivity contribution in [2.75, 3.05) is 5.32 Å². The van der Waals surface area contributed by atoms with Crippen molar-refractivity contribution >= 4 is 34.3 Å². The highest BCUT2D eigenvalue weighted by molar-refractivity contribution is 6.29. The summed E-state index contributed by atoms with van der Waals surface area (Å²) in [6.07, 6.45) is 4.95. The fourth-order valence-corrected chi connectivity index (χ4v) is 3.57. The van der Waals surface area contributed by atoms with E-state index in [0.717, 1.165) is 11.1 Å². The molecular formula is C22H18ClN7O2. The van der Waals surface area contributed by atoms with E-state index < -0.39 is 5.91 Å². The highest BCUT2D eigenvalue weighted by Crippen LogP contribution is 2.27. The summed E-state index contributed by atoms with van der Waals surface area (Å²) in [6.45, 7) is 4.07. The molecule has 5 rings (SSSR count). The standard InChI is InChI=1S/C22H18ClN7O2/c1-13(2)30-12-25-28-21(30)15-5-3-8-20(26-15)27-22(31)18-9-14-16(6-4-7-17(14)32-18)29-10-19(23)24-11-29/h3-13H,1-2H3,(H,26,27,31). The molecule has 0 saturated carbocycles. The number of rotatable bonds is 5. The molecule has 1 aromatic carbocycles. The second-order valence-electron chi connectivity index (χ2n) is 7.42. The van der Waals surface area contributed by atoms with Gasteiger partial charge in [-0.3, -0.25) is 4.79 Å². The van der Waals surface area contributed by atoms with Crippen LogP contribution < -0.4 is 5.32 Å². The van der Waals surface area contributed by atoms with Crippen molar-refractivity contribution in [1.82, 2.24) is 29.3 Å². The van der Waals surface area contributed by atoms with Crippen LogP contribution >= 0.6 is 11.6 Å². The molecule has 9 nitrogen and oxygen atoms in total. The number of pyridine rings is 1. The third-order valence-corrected chi connectivity index (χ3v) is 5.14. The summed E-state index contributed by atoms with van der Waals surface area (Å²) in [7, 11) is 0. The van der Waals surface area contributed by atoms with Crippen LogP contribution in [0.3, 0.4) is 0 Å². The van der Waals surface area contributed by atoms with Crippen molar-refractivity contribution in [1.29, 1.82) is 0 Å². The average molecular weight is 448 g/mol. The Morgan fingerprint density at radius 3 is 2.78 bits per heavy atom. The molecule has 0 fully saturated rings. The number of imidazole rings is 1. The fraction of sp³-hybridized carbons (Fsp3) is 0.136. The van der Waals surface area contributed by atoms with Gasteiger partial charge in [0.05, 0.1) is 5.69 Å². The van der Waals surface area contributed by atoms with E-state index in [1.54, 1.807) is 47.7 Å². The third kappa shape index (κ3) is 3.63. The maximum absolute atomic E-state index is 12.9. The van der Waals surface area contributed by atoms with Crippen LogP contribution in [-0.2, 0) is 0 Å². The first-order chi connectivity index (χ1) is 15.5. The molecule has 0 aliphatic rings. The van der Waals surface area contributed by atoms with E-state index in [2.05, 4.69) is 25.5 Å². The van der Waals surface area contributed by atoms with Gasteiger partial charge in [-0.2, -0.15) is 0 Å². The number of nitrogens with one attached hydrogen (secondary N) is 1. The summed E-state index contributed by atoms with van der Waals surface area (Å²) in [5.41, 5.74) is 1.99. The Morgan fingerprint density at radius 1 is 1.16 bits per heavy atom. The van der Waals surface area contributed by atoms with Gasteiger partial charge in [0.25, 0.3) is 5.91 Å². The summed E-state index contributed by atoms with van der Waals surface area (Å²) < 4.78 is 9.48. The number of halogens is 1. The van der Waals surface area contributed by atoms with Gasteiger partial charge >= 0.3 is 0 Å². The lowest BCUT2D eigenvalue weighted by molar-refractivity contribution is 0.0998. The third-order valence-electron chi connectivity index (χ3n) is 4.94. The minimum Gasteiger partial charge on any atom is -0.451 e. The van der Waals surface area contributed by atoms with Crippen LogP contribution in [-0.4, -0.2) is 35.2 Å². The molecule has 4 aromatic heterocycles. The van der Waals surface area contributed by atoms with Gasteiger partial charge in [0, 0.05) is 17.6 Å². The normalized spacial score (nSPS) is 11.4. The molecule has 4 heterocycles. The second kappa shape index (κ2) is 7.93. The lowest BCUT2D eigenvalue weighted by Gasteiger charge is -2.10. The smallest absolute Gasteiger partial charge is 0.292 e. The molecule has 160 valence electrons. The van der Waals surface area contributed by atoms with E-state index in [4.69, 9.17) is 16.0 Å². The highest BCUT2D eigenvalue weighted by Gasteiger charge is 2.17. The van der Waals surface area contributed by atoms with E-state index in [9.17, 15) is 4.79 Å². The highest BCUT2D eigenvalue weighted by atomic mass is 35.5. The Morgan fingerprint density at radius 2 is 2.00 bits per heavy atom. The number of amides is 1. The van der Waals surface area contributed by atoms with Gasteiger partial charge in [0.2, 0.25) is 0 Å². The molecule has 0 bridgehead atoms. The number of benzene rings is 1. The SMILES string of the molecule is CC(C)n1cnnc1-c1cccc(NC(=O)c2cc3c(-n4cnc(Cl)c4)cccc3o2)n1. The topological polar surface area (TPSA) is 104 Å². The molecule has 5 aromatic rings. The number of fused-ring (bicyclic) bond motifs is 1. The molecule has 0 unspecified atom stereocenters. The lowest BCUT2D eigenvalue weighted by atomic mass is 10.2. The molecule has 0 aliphatic heterocycles. The van der Waals surface area contributed by atoms with Crippen LogP contribution in [0.2, 0.25) is 5.15 Å². The van der Waals surface area contributed by atoms with Gasteiger partial charge in [0.15, 0.2) is 11.6 Å². The monoisotopic (exact) mass is 447 g/mol. The molecule has 0 saturated heterocycles. The summed E-state index contributed by atoms with van der Waals surface area (Å²) in [4.78, 5) is 21.5. The molecule has 32 heavy (non-hydrogen) atoms. The van der Waals surface area contributed by atoms with Crippen LogP contribution in [0.1, 0.15) is 30.4 Å². The number of nitrogens with zero attached hydrogens (tertiary/aromatic N) is 6. The first kappa shape index (κ1) is 20.0. The number of anilines is 1. The summed E-state index contributed by atoms with van der Waals surface area (Å²) in [6, 6.07) is 12.7. The van der Waals surface area contributed by atoms with Gasteiger partial charge in [0.1, 0.15) is 34.9 Å². The first-order valence-electron chi connectivity index (χ1n) is 9.90. The van der Waals surface area contributed by atoms with E-state index in [-0.39, 0.29) is 11.8 Å². The zero-order valence-corrected chi connectivity index (χ0v) is 18.0. The Hall–Kier alpha value is -3.98. The second-order valence-corrected chi connectivity index (χ2v) is 7.81. The molecule has 1 amide bonds. The molecular weight excluding hydrogens is 430 g/mol. The van der Waals surface area contributed by atoms with Crippen molar-refractivity contribution < 1.29 is 9.21 Å². The quantitative estimate of drug-likeness (QED) is 0.416. The Labute approximate surface area is 187 Å². The lowest BCUT2D eigenvalue weighted by Crippen LogP contribution is -2.12. The van der Waals surface area contributed by atoms with Gasteiger partial charge in [-0.05, 0) is 44.2 Å². The zero-order chi connectivity index (χ0) is 22.2. The van der Waals surface area contributed by atoms with Crippen molar-refractivity contribution in [2.24, 2.45) is 0 Å². The van der Waals surface area contributed by atoms with Crippen LogP contribution in [0.25, 0.3) is 28.2 Å². The predicted octanol–water partition coefficient (Wildman–Crippen LogP) is 4.76. The van der Waals surface area contributed by atoms with Crippen molar-refractivity contribution in [2.45, 2.75) is 19.9 Å². The maximum atomic E-state index is 12.9. The van der Waals surface area contributed by atoms with Gasteiger partial charge < -0.3 is 18.9 Å². The summed E-state index contributed by atoms with van der Waals surface area (Å²) >= 11 is 5.95. The van der Waals surface area contributed by atoms with E-state index in [0.29, 0.717) is 28.1 Å². The van der Waals surface area contributed by atoms with Crippen molar-refractivity contribution in [3.63, 3.8) is 0 Å². The number of hydrogen-bond acceptors (Lipinski definition) is 6. The minimum absolute atomic E-state index is 0.163. The van der Waals surface area contributed by atoms with Crippen LogP contribution in [0.15, 0.2) is 65.7 Å². The van der Waals surface area contributed by atoms with Crippen molar-refractivity contribution in [3.8, 4) is 17.2 Å². The zero-order valence-electron chi connectivity index (χ0n) is 17.2. The summed E-state index contributed by atoms with van der Waals surface area (Å²) in [5.74, 6) is 0.762. The predicted molar refractivity (Wildman–Crippen MR) is 120 cm³/mol. The summed E-state index contributed by atoms with van der Waals surface area (Å²) in [5, 5.41) is 12.1. The molecule has 0 spiro atoms. The Kier molecular flexibility index (Phi) is 4.95. The molecule has 0 radical (unpaired) electrons. The first-order valence-corrected chi connectivity index (χ1v) is 10.3. The van der Waals surface area contributed by atoms with Crippen LogP contribution in [0, 0.1) is 0 Å². The molecule has 0 aliphatic carbocycles. The van der Waals surface area contributed by atoms with E-state index >= 15 is 0 Å². The van der Waals surface area contributed by atoms with Gasteiger partial charge in [-0.25, -0.2) is 9.97 Å². The minimum atomic E-state index is -0.411. The number of hydrogen-bond donors (Lipinski definition) is 1. The Balaban J connectivity index is 1.44.